The number of amides is 2. The van der Waals surface area contributed by atoms with Crippen LogP contribution in [0.2, 0.25) is 0 Å². The molecule has 0 aliphatic rings. The molecule has 2 aromatic rings. The van der Waals surface area contributed by atoms with E-state index < -0.39 is 6.04 Å². The minimum absolute atomic E-state index is 0.00571. The quantitative estimate of drug-likeness (QED) is 0.453. The molecule has 1 N–H and O–H groups in total. The van der Waals surface area contributed by atoms with E-state index in [9.17, 15) is 9.59 Å². The van der Waals surface area contributed by atoms with Crippen molar-refractivity contribution in [3.63, 3.8) is 0 Å². The van der Waals surface area contributed by atoms with E-state index in [0.717, 1.165) is 10.0 Å². The molecule has 0 aliphatic heterocycles. The summed E-state index contributed by atoms with van der Waals surface area (Å²) >= 11 is 3.57. The summed E-state index contributed by atoms with van der Waals surface area (Å²) in [5.41, 5.74) is 2.31. The lowest BCUT2D eigenvalue weighted by Crippen LogP contribution is -2.52. The zero-order valence-electron chi connectivity index (χ0n) is 20.7. The molecular weight excluding hydrogens is 480 g/mol. The molecule has 0 saturated carbocycles. The van der Waals surface area contributed by atoms with Gasteiger partial charge in [-0.15, -0.1) is 0 Å². The normalized spacial score (nSPS) is 12.4. The highest BCUT2D eigenvalue weighted by atomic mass is 79.9. The fourth-order valence-electron chi connectivity index (χ4n) is 3.58. The third-order valence-electron chi connectivity index (χ3n) is 5.45. The Bertz CT molecular complexity index is 923. The Balaban J connectivity index is 2.17. The topological polar surface area (TPSA) is 58.6 Å². The van der Waals surface area contributed by atoms with Crippen LogP contribution < -0.4 is 10.1 Å². The molecule has 0 bridgehead atoms. The van der Waals surface area contributed by atoms with Crippen LogP contribution in [0.25, 0.3) is 0 Å². The number of hydrogen-bond acceptors (Lipinski definition) is 3. The molecule has 0 fully saturated rings. The van der Waals surface area contributed by atoms with Crippen LogP contribution in [0.15, 0.2) is 53.0 Å². The second kappa shape index (κ2) is 12.2. The average molecular weight is 518 g/mol. The summed E-state index contributed by atoms with van der Waals surface area (Å²) in [6, 6.07) is 15.4. The number of nitrogens with one attached hydrogen (secondary N) is 1. The highest BCUT2D eigenvalue weighted by molar-refractivity contribution is 9.10. The fourth-order valence-corrected chi connectivity index (χ4v) is 4.08. The second-order valence-corrected chi connectivity index (χ2v) is 10.4. The van der Waals surface area contributed by atoms with Crippen molar-refractivity contribution in [2.75, 3.05) is 13.2 Å². The number of benzene rings is 2. The number of rotatable bonds is 10. The summed E-state index contributed by atoms with van der Waals surface area (Å²) in [5.74, 6) is 0.271. The van der Waals surface area contributed by atoms with Crippen molar-refractivity contribution in [1.82, 2.24) is 10.2 Å². The molecule has 33 heavy (non-hydrogen) atoms. The molecule has 6 heteroatoms. The van der Waals surface area contributed by atoms with Gasteiger partial charge >= 0.3 is 0 Å². The first-order chi connectivity index (χ1) is 15.5. The van der Waals surface area contributed by atoms with Crippen LogP contribution in [0, 0.1) is 0 Å². The lowest BCUT2D eigenvalue weighted by molar-refractivity contribution is -0.142. The van der Waals surface area contributed by atoms with Gasteiger partial charge in [0.15, 0.2) is 6.61 Å². The van der Waals surface area contributed by atoms with E-state index in [4.69, 9.17) is 4.74 Å². The van der Waals surface area contributed by atoms with Gasteiger partial charge < -0.3 is 15.0 Å². The van der Waals surface area contributed by atoms with E-state index >= 15 is 0 Å². The predicted molar refractivity (Wildman–Crippen MR) is 138 cm³/mol. The van der Waals surface area contributed by atoms with Crippen molar-refractivity contribution < 1.29 is 14.3 Å². The van der Waals surface area contributed by atoms with Crippen LogP contribution in [0.3, 0.4) is 0 Å². The van der Waals surface area contributed by atoms with Gasteiger partial charge in [0.05, 0.1) is 4.47 Å². The van der Waals surface area contributed by atoms with Crippen LogP contribution in [-0.2, 0) is 21.4 Å². The minimum atomic E-state index is -0.543. The van der Waals surface area contributed by atoms with E-state index in [1.807, 2.05) is 69.3 Å². The van der Waals surface area contributed by atoms with Crippen LogP contribution in [-0.4, -0.2) is 41.9 Å². The molecular formula is C27H37BrN2O3. The van der Waals surface area contributed by atoms with Gasteiger partial charge in [0.2, 0.25) is 5.91 Å². The Hall–Kier alpha value is -2.34. The van der Waals surface area contributed by atoms with Gasteiger partial charge in [-0.25, -0.2) is 0 Å². The summed E-state index contributed by atoms with van der Waals surface area (Å²) in [5, 5.41) is 2.95. The van der Waals surface area contributed by atoms with Gasteiger partial charge in [0.1, 0.15) is 11.8 Å². The fraction of sp³-hybridized carbons (Fsp3) is 0.481. The number of hydrogen-bond donors (Lipinski definition) is 1. The molecule has 0 spiro atoms. The van der Waals surface area contributed by atoms with Gasteiger partial charge in [0.25, 0.3) is 5.91 Å². The maximum Gasteiger partial charge on any atom is 0.261 e. The number of carbonyl (C=O) groups is 2. The van der Waals surface area contributed by atoms with Gasteiger partial charge in [0, 0.05) is 12.6 Å². The molecule has 0 aromatic heterocycles. The van der Waals surface area contributed by atoms with Crippen LogP contribution in [0.1, 0.15) is 59.1 Å². The van der Waals surface area contributed by atoms with Crippen LogP contribution in [0.5, 0.6) is 5.75 Å². The summed E-state index contributed by atoms with van der Waals surface area (Å²) in [7, 11) is 0. The summed E-state index contributed by atoms with van der Waals surface area (Å²) in [6.07, 6.45) is 1.20. The molecule has 2 aromatic carbocycles. The summed E-state index contributed by atoms with van der Waals surface area (Å²) < 4.78 is 6.69. The van der Waals surface area contributed by atoms with E-state index in [-0.39, 0.29) is 29.9 Å². The predicted octanol–water partition coefficient (Wildman–Crippen LogP) is 5.50. The van der Waals surface area contributed by atoms with Crippen molar-refractivity contribution in [1.29, 1.82) is 0 Å². The van der Waals surface area contributed by atoms with Gasteiger partial charge in [-0.1, -0.05) is 64.1 Å². The molecule has 0 aliphatic carbocycles. The smallest absolute Gasteiger partial charge is 0.261 e. The Morgan fingerprint density at radius 1 is 1.09 bits per heavy atom. The zero-order valence-corrected chi connectivity index (χ0v) is 22.2. The highest BCUT2D eigenvalue weighted by Gasteiger charge is 2.29. The number of carbonyl (C=O) groups excluding carboxylic acids is 2. The average Bonchev–Trinajstić information content (AvgIpc) is 2.75. The van der Waals surface area contributed by atoms with Crippen molar-refractivity contribution in [2.45, 2.75) is 71.9 Å². The van der Waals surface area contributed by atoms with E-state index in [1.54, 1.807) is 4.90 Å². The molecule has 0 radical (unpaired) electrons. The van der Waals surface area contributed by atoms with E-state index in [1.165, 1.54) is 5.56 Å². The van der Waals surface area contributed by atoms with Crippen molar-refractivity contribution in [3.05, 3.63) is 64.1 Å². The van der Waals surface area contributed by atoms with Crippen LogP contribution in [0.4, 0.5) is 0 Å². The first kappa shape index (κ1) is 26.9. The number of halogens is 1. The summed E-state index contributed by atoms with van der Waals surface area (Å²) in [4.78, 5) is 27.8. The van der Waals surface area contributed by atoms with Gasteiger partial charge in [-0.3, -0.25) is 9.59 Å². The second-order valence-electron chi connectivity index (χ2n) is 9.59. The van der Waals surface area contributed by atoms with E-state index in [0.29, 0.717) is 25.1 Å². The molecule has 0 saturated heterocycles. The maximum atomic E-state index is 13.3. The Labute approximate surface area is 207 Å². The third-order valence-corrected chi connectivity index (χ3v) is 6.07. The Morgan fingerprint density at radius 3 is 2.30 bits per heavy atom. The maximum absolute atomic E-state index is 13.3. The molecule has 0 heterocycles. The third kappa shape index (κ3) is 8.18. The van der Waals surface area contributed by atoms with Crippen molar-refractivity contribution in [2.24, 2.45) is 0 Å². The molecule has 0 unspecified atom stereocenters. The minimum Gasteiger partial charge on any atom is -0.483 e. The van der Waals surface area contributed by atoms with Crippen molar-refractivity contribution in [3.8, 4) is 5.75 Å². The van der Waals surface area contributed by atoms with Gasteiger partial charge in [-0.05, 0) is 71.3 Å². The van der Waals surface area contributed by atoms with Crippen LogP contribution >= 0.6 is 15.9 Å². The molecule has 1 atom stereocenters. The standard InChI is InChI=1S/C27H37BrN2O3/c1-7-23(26(32)29-19(2)3)30(16-15-20-11-9-8-10-12-20)25(31)18-33-24-14-13-21(17-22(24)28)27(4,5)6/h8-14,17,19,23H,7,15-16,18H2,1-6H3,(H,29,32)/t23-/m1/s1. The first-order valence-corrected chi connectivity index (χ1v) is 12.4. The van der Waals surface area contributed by atoms with Crippen molar-refractivity contribution >= 4 is 27.7 Å². The molecule has 180 valence electrons. The largest absolute Gasteiger partial charge is 0.483 e. The van der Waals surface area contributed by atoms with E-state index in [2.05, 4.69) is 42.0 Å². The molecule has 5 nitrogen and oxygen atoms in total. The SMILES string of the molecule is CC[C@H](C(=O)NC(C)C)N(CCc1ccccc1)C(=O)COc1ccc(C(C)(C)C)cc1Br. The van der Waals surface area contributed by atoms with Gasteiger partial charge in [-0.2, -0.15) is 0 Å². The molecule has 2 amide bonds. The number of ether oxygens (including phenoxy) is 1. The lowest BCUT2D eigenvalue weighted by Gasteiger charge is -2.31. The highest BCUT2D eigenvalue weighted by Crippen LogP contribution is 2.31. The lowest BCUT2D eigenvalue weighted by atomic mass is 9.87. The first-order valence-electron chi connectivity index (χ1n) is 11.6. The Kier molecular flexibility index (Phi) is 9.96. The zero-order chi connectivity index (χ0) is 24.6. The monoisotopic (exact) mass is 516 g/mol. The Morgan fingerprint density at radius 2 is 1.76 bits per heavy atom. The molecule has 2 rings (SSSR count). The summed E-state index contributed by atoms with van der Waals surface area (Å²) in [6.45, 7) is 12.5. The number of nitrogens with zero attached hydrogens (tertiary/aromatic N) is 1.